The summed E-state index contributed by atoms with van der Waals surface area (Å²) in [6.07, 6.45) is 0. The van der Waals surface area contributed by atoms with Gasteiger partial charge in [-0.3, -0.25) is 0 Å². The highest BCUT2D eigenvalue weighted by molar-refractivity contribution is 6.30. The number of halogens is 1. The van der Waals surface area contributed by atoms with Gasteiger partial charge in [0, 0.05) is 5.02 Å². The van der Waals surface area contributed by atoms with Crippen LogP contribution in [0.15, 0.2) is 54.6 Å². The highest BCUT2D eigenvalue weighted by Crippen LogP contribution is 2.14. The van der Waals surface area contributed by atoms with Gasteiger partial charge in [-0.2, -0.15) is 0 Å². The second kappa shape index (κ2) is 6.36. The van der Waals surface area contributed by atoms with Crippen LogP contribution in [-0.2, 0) is 16.1 Å². The fourth-order valence-electron chi connectivity index (χ4n) is 1.62. The standard InChI is InChI=1S/C15H14ClNO2/c16-13-8-6-11(7-9-13)10-19-15(18)14(17)12-4-2-1-3-5-12/h1-9,14H,10,17H2/t14-/m0/s1. The number of carbonyl (C=O) groups excluding carboxylic acids is 1. The van der Waals surface area contributed by atoms with E-state index in [0.29, 0.717) is 5.02 Å². The molecule has 0 radical (unpaired) electrons. The van der Waals surface area contributed by atoms with Crippen LogP contribution in [-0.4, -0.2) is 5.97 Å². The zero-order chi connectivity index (χ0) is 13.7. The van der Waals surface area contributed by atoms with Crippen LogP contribution < -0.4 is 5.73 Å². The molecular weight excluding hydrogens is 262 g/mol. The van der Waals surface area contributed by atoms with Gasteiger partial charge in [-0.25, -0.2) is 4.79 Å². The molecule has 0 aliphatic rings. The molecule has 0 aromatic heterocycles. The van der Waals surface area contributed by atoms with Crippen molar-refractivity contribution >= 4 is 17.6 Å². The molecule has 2 aromatic rings. The van der Waals surface area contributed by atoms with Gasteiger partial charge in [0.25, 0.3) is 0 Å². The van der Waals surface area contributed by atoms with Crippen molar-refractivity contribution in [2.75, 3.05) is 0 Å². The normalized spacial score (nSPS) is 11.9. The Kier molecular flexibility index (Phi) is 4.55. The van der Waals surface area contributed by atoms with Crippen molar-refractivity contribution in [2.45, 2.75) is 12.6 Å². The lowest BCUT2D eigenvalue weighted by Crippen LogP contribution is -2.23. The molecule has 2 N–H and O–H groups in total. The molecule has 98 valence electrons. The minimum Gasteiger partial charge on any atom is -0.459 e. The summed E-state index contributed by atoms with van der Waals surface area (Å²) >= 11 is 5.78. The molecular formula is C15H14ClNO2. The number of hydrogen-bond acceptors (Lipinski definition) is 3. The molecule has 4 heteroatoms. The first-order valence-corrected chi connectivity index (χ1v) is 6.26. The Morgan fingerprint density at radius 3 is 2.37 bits per heavy atom. The number of rotatable bonds is 4. The van der Waals surface area contributed by atoms with Crippen molar-refractivity contribution in [1.29, 1.82) is 0 Å². The van der Waals surface area contributed by atoms with Gasteiger partial charge in [0.15, 0.2) is 0 Å². The van der Waals surface area contributed by atoms with Crippen molar-refractivity contribution in [2.24, 2.45) is 5.73 Å². The van der Waals surface area contributed by atoms with E-state index >= 15 is 0 Å². The Morgan fingerprint density at radius 1 is 1.11 bits per heavy atom. The fraction of sp³-hybridized carbons (Fsp3) is 0.133. The Morgan fingerprint density at radius 2 is 1.74 bits per heavy atom. The summed E-state index contributed by atoms with van der Waals surface area (Å²) < 4.78 is 5.18. The van der Waals surface area contributed by atoms with E-state index in [4.69, 9.17) is 22.1 Å². The maximum absolute atomic E-state index is 11.8. The van der Waals surface area contributed by atoms with Gasteiger partial charge in [0.1, 0.15) is 12.6 Å². The van der Waals surface area contributed by atoms with Gasteiger partial charge in [0.2, 0.25) is 0 Å². The molecule has 0 spiro atoms. The number of esters is 1. The summed E-state index contributed by atoms with van der Waals surface area (Å²) in [5, 5.41) is 0.649. The first-order valence-electron chi connectivity index (χ1n) is 5.88. The SMILES string of the molecule is N[C@H](C(=O)OCc1ccc(Cl)cc1)c1ccccc1. The minimum absolute atomic E-state index is 0.191. The van der Waals surface area contributed by atoms with Crippen LogP contribution >= 0.6 is 11.6 Å². The summed E-state index contributed by atoms with van der Waals surface area (Å²) in [6.45, 7) is 0.191. The fourth-order valence-corrected chi connectivity index (χ4v) is 1.75. The number of ether oxygens (including phenoxy) is 1. The van der Waals surface area contributed by atoms with Gasteiger partial charge >= 0.3 is 5.97 Å². The quantitative estimate of drug-likeness (QED) is 0.873. The molecule has 0 bridgehead atoms. The summed E-state index contributed by atoms with van der Waals surface area (Å²) in [4.78, 5) is 11.8. The van der Waals surface area contributed by atoms with E-state index in [0.717, 1.165) is 11.1 Å². The van der Waals surface area contributed by atoms with Gasteiger partial charge in [-0.15, -0.1) is 0 Å². The van der Waals surface area contributed by atoms with Crippen LogP contribution in [0, 0.1) is 0 Å². The van der Waals surface area contributed by atoms with Crippen LogP contribution in [0.1, 0.15) is 17.2 Å². The van der Waals surface area contributed by atoms with Crippen LogP contribution in [0.2, 0.25) is 5.02 Å². The first-order chi connectivity index (χ1) is 9.16. The predicted octanol–water partition coefficient (Wildman–Crippen LogP) is 3.08. The zero-order valence-corrected chi connectivity index (χ0v) is 11.0. The van der Waals surface area contributed by atoms with Crippen LogP contribution in [0.4, 0.5) is 0 Å². The lowest BCUT2D eigenvalue weighted by molar-refractivity contribution is -0.146. The summed E-state index contributed by atoms with van der Waals surface area (Å²) in [6, 6.07) is 15.5. The molecule has 19 heavy (non-hydrogen) atoms. The smallest absolute Gasteiger partial charge is 0.327 e. The maximum Gasteiger partial charge on any atom is 0.327 e. The number of carbonyl (C=O) groups is 1. The topological polar surface area (TPSA) is 52.3 Å². The third kappa shape index (κ3) is 3.81. The monoisotopic (exact) mass is 275 g/mol. The highest BCUT2D eigenvalue weighted by atomic mass is 35.5. The molecule has 0 fully saturated rings. The largest absolute Gasteiger partial charge is 0.459 e. The average molecular weight is 276 g/mol. The van der Waals surface area contributed by atoms with E-state index in [1.54, 1.807) is 24.3 Å². The molecule has 0 saturated carbocycles. The molecule has 1 atom stereocenters. The maximum atomic E-state index is 11.8. The number of benzene rings is 2. The highest BCUT2D eigenvalue weighted by Gasteiger charge is 2.16. The van der Waals surface area contributed by atoms with Crippen molar-refractivity contribution in [1.82, 2.24) is 0 Å². The Hall–Kier alpha value is -1.84. The molecule has 0 heterocycles. The zero-order valence-electron chi connectivity index (χ0n) is 10.3. The average Bonchev–Trinajstić information content (AvgIpc) is 2.46. The lowest BCUT2D eigenvalue weighted by Gasteiger charge is -2.11. The molecule has 0 aliphatic carbocycles. The van der Waals surface area contributed by atoms with Gasteiger partial charge in [-0.1, -0.05) is 54.1 Å². The molecule has 2 aromatic carbocycles. The molecule has 2 rings (SSSR count). The van der Waals surface area contributed by atoms with Crippen molar-refractivity contribution < 1.29 is 9.53 Å². The summed E-state index contributed by atoms with van der Waals surface area (Å²) in [5.74, 6) is -0.443. The van der Waals surface area contributed by atoms with Crippen LogP contribution in [0.3, 0.4) is 0 Å². The van der Waals surface area contributed by atoms with E-state index in [2.05, 4.69) is 0 Å². The third-order valence-electron chi connectivity index (χ3n) is 2.71. The second-order valence-corrected chi connectivity index (χ2v) is 4.56. The molecule has 0 unspecified atom stereocenters. The van der Waals surface area contributed by atoms with Gasteiger partial charge in [-0.05, 0) is 23.3 Å². The number of nitrogens with two attached hydrogens (primary N) is 1. The summed E-state index contributed by atoms with van der Waals surface area (Å²) in [5.41, 5.74) is 7.44. The minimum atomic E-state index is -0.756. The van der Waals surface area contributed by atoms with E-state index < -0.39 is 12.0 Å². The van der Waals surface area contributed by atoms with Crippen molar-refractivity contribution in [3.8, 4) is 0 Å². The number of hydrogen-bond donors (Lipinski definition) is 1. The molecule has 0 saturated heterocycles. The third-order valence-corrected chi connectivity index (χ3v) is 2.96. The second-order valence-electron chi connectivity index (χ2n) is 4.12. The van der Waals surface area contributed by atoms with E-state index in [1.807, 2.05) is 30.3 Å². The van der Waals surface area contributed by atoms with Gasteiger partial charge in [0.05, 0.1) is 0 Å². The lowest BCUT2D eigenvalue weighted by atomic mass is 10.1. The Balaban J connectivity index is 1.93. The Bertz CT molecular complexity index is 540. The van der Waals surface area contributed by atoms with E-state index in [-0.39, 0.29) is 6.61 Å². The van der Waals surface area contributed by atoms with Crippen molar-refractivity contribution in [3.63, 3.8) is 0 Å². The molecule has 0 amide bonds. The van der Waals surface area contributed by atoms with Crippen LogP contribution in [0.25, 0.3) is 0 Å². The predicted molar refractivity (Wildman–Crippen MR) is 74.6 cm³/mol. The van der Waals surface area contributed by atoms with Gasteiger partial charge < -0.3 is 10.5 Å². The first kappa shape index (κ1) is 13.6. The van der Waals surface area contributed by atoms with Crippen LogP contribution in [0.5, 0.6) is 0 Å². The van der Waals surface area contributed by atoms with E-state index in [9.17, 15) is 4.79 Å². The van der Waals surface area contributed by atoms with Crippen molar-refractivity contribution in [3.05, 3.63) is 70.7 Å². The summed E-state index contributed by atoms with van der Waals surface area (Å²) in [7, 11) is 0. The molecule has 0 aliphatic heterocycles. The Labute approximate surface area is 117 Å². The molecule has 3 nitrogen and oxygen atoms in total. The van der Waals surface area contributed by atoms with E-state index in [1.165, 1.54) is 0 Å².